The molecule has 0 aliphatic carbocycles. The molecule has 0 unspecified atom stereocenters. The first kappa shape index (κ1) is 42.6. The summed E-state index contributed by atoms with van der Waals surface area (Å²) in [7, 11) is 2.11. The maximum Gasteiger partial charge on any atom is 0.145 e. The maximum atomic E-state index is 8.22. The molecule has 1 aliphatic rings. The summed E-state index contributed by atoms with van der Waals surface area (Å²) in [4.78, 5) is 19.9. The fourth-order valence-corrected chi connectivity index (χ4v) is 6.67. The summed E-state index contributed by atoms with van der Waals surface area (Å²) in [5.41, 5.74) is 11.6. The van der Waals surface area contributed by atoms with Crippen molar-refractivity contribution in [2.75, 3.05) is 118 Å². The van der Waals surface area contributed by atoms with Crippen LogP contribution < -0.4 is 5.32 Å². The molecule has 1 aromatic heterocycles. The van der Waals surface area contributed by atoms with Gasteiger partial charge in [-0.1, -0.05) is 64.7 Å². The number of nitrogens with one attached hydrogen (secondary N) is 1. The van der Waals surface area contributed by atoms with Gasteiger partial charge in [0, 0.05) is 66.2 Å². The topological polar surface area (TPSA) is 133 Å². The number of rotatable bonds is 25. The van der Waals surface area contributed by atoms with E-state index in [-0.39, 0.29) is 6.04 Å². The van der Waals surface area contributed by atoms with Crippen LogP contribution in [0.15, 0.2) is 77.9 Å². The SMILES string of the molecule is CN(CCCNc1nc(CN2CCN(C(c3ccc(Cl)cc3)c3ccc(Cl)cc3)CC2)nc2ccccc12)CCOCCOCCOCCOCCN=[N+]=[N-]. The Hall–Kier alpha value is -3.59. The molecule has 0 bridgehead atoms. The smallest absolute Gasteiger partial charge is 0.145 e. The van der Waals surface area contributed by atoms with Crippen LogP contribution in [0, 0.1) is 0 Å². The number of anilines is 1. The summed E-state index contributed by atoms with van der Waals surface area (Å²) in [5, 5.41) is 9.52. The highest BCUT2D eigenvalue weighted by Gasteiger charge is 2.27. The van der Waals surface area contributed by atoms with Gasteiger partial charge in [-0.2, -0.15) is 0 Å². The number of benzene rings is 3. The van der Waals surface area contributed by atoms with Crippen molar-refractivity contribution >= 4 is 39.9 Å². The molecule has 296 valence electrons. The van der Waals surface area contributed by atoms with Crippen LogP contribution in [-0.2, 0) is 25.5 Å². The van der Waals surface area contributed by atoms with Crippen LogP contribution in [0.1, 0.15) is 29.4 Å². The second-order valence-electron chi connectivity index (χ2n) is 13.3. The normalized spacial score (nSPS) is 13.8. The lowest BCUT2D eigenvalue weighted by atomic mass is 9.96. The molecule has 0 saturated carbocycles. The molecule has 2 heterocycles. The van der Waals surface area contributed by atoms with Crippen molar-refractivity contribution in [2.45, 2.75) is 19.0 Å². The monoisotopic (exact) mass is 793 g/mol. The number of fused-ring (bicyclic) bond motifs is 1. The second kappa shape index (κ2) is 24.1. The van der Waals surface area contributed by atoms with Crippen LogP contribution in [0.25, 0.3) is 21.3 Å². The number of hydrogen-bond donors (Lipinski definition) is 1. The molecule has 0 spiro atoms. The Morgan fingerprint density at radius 1 is 0.764 bits per heavy atom. The lowest BCUT2D eigenvalue weighted by Gasteiger charge is -2.39. The second-order valence-corrected chi connectivity index (χ2v) is 14.2. The van der Waals surface area contributed by atoms with Gasteiger partial charge in [0.1, 0.15) is 11.6 Å². The van der Waals surface area contributed by atoms with Gasteiger partial charge in [0.05, 0.1) is 71.0 Å². The zero-order valence-electron chi connectivity index (χ0n) is 31.7. The minimum Gasteiger partial charge on any atom is -0.379 e. The molecule has 0 radical (unpaired) electrons. The number of likely N-dealkylation sites (N-methyl/N-ethyl adjacent to an activating group) is 1. The van der Waals surface area contributed by atoms with E-state index in [1.807, 2.05) is 36.4 Å². The minimum atomic E-state index is 0.120. The highest BCUT2D eigenvalue weighted by Crippen LogP contribution is 2.31. The van der Waals surface area contributed by atoms with E-state index in [9.17, 15) is 0 Å². The molecule has 55 heavy (non-hydrogen) atoms. The lowest BCUT2D eigenvalue weighted by Crippen LogP contribution is -2.47. The van der Waals surface area contributed by atoms with E-state index >= 15 is 0 Å². The molecule has 1 N–H and O–H groups in total. The first-order valence-corrected chi connectivity index (χ1v) is 19.7. The molecule has 15 heteroatoms. The third-order valence-corrected chi connectivity index (χ3v) is 9.80. The van der Waals surface area contributed by atoms with Gasteiger partial charge in [0.25, 0.3) is 0 Å². The van der Waals surface area contributed by atoms with Gasteiger partial charge in [-0.05, 0) is 73.1 Å². The Balaban J connectivity index is 0.999. The number of para-hydroxylation sites is 1. The summed E-state index contributed by atoms with van der Waals surface area (Å²) in [6.45, 7) is 11.3. The molecule has 1 fully saturated rings. The molecular weight excluding hydrogens is 741 g/mol. The van der Waals surface area contributed by atoms with Crippen LogP contribution in [0.3, 0.4) is 0 Å². The Labute approximate surface area is 334 Å². The summed E-state index contributed by atoms with van der Waals surface area (Å²) < 4.78 is 22.0. The highest BCUT2D eigenvalue weighted by molar-refractivity contribution is 6.30. The van der Waals surface area contributed by atoms with E-state index in [1.54, 1.807) is 0 Å². The third-order valence-electron chi connectivity index (χ3n) is 9.30. The van der Waals surface area contributed by atoms with Gasteiger partial charge < -0.3 is 29.2 Å². The van der Waals surface area contributed by atoms with Crippen molar-refractivity contribution in [2.24, 2.45) is 5.11 Å². The fourth-order valence-electron chi connectivity index (χ4n) is 6.41. The maximum absolute atomic E-state index is 8.22. The summed E-state index contributed by atoms with van der Waals surface area (Å²) in [6, 6.07) is 24.7. The van der Waals surface area contributed by atoms with Gasteiger partial charge in [0.15, 0.2) is 0 Å². The van der Waals surface area contributed by atoms with E-state index in [2.05, 4.69) is 73.5 Å². The molecule has 3 aromatic carbocycles. The number of azide groups is 1. The molecule has 4 aromatic rings. The minimum absolute atomic E-state index is 0.120. The molecular formula is C40H53Cl2N9O4. The molecule has 5 rings (SSSR count). The first-order valence-electron chi connectivity index (χ1n) is 19.0. The number of halogens is 2. The van der Waals surface area contributed by atoms with Crippen molar-refractivity contribution < 1.29 is 18.9 Å². The number of piperazine rings is 1. The largest absolute Gasteiger partial charge is 0.379 e. The third kappa shape index (κ3) is 14.8. The number of ether oxygens (including phenoxy) is 4. The van der Waals surface area contributed by atoms with Crippen LogP contribution in [-0.4, -0.2) is 137 Å². The average Bonchev–Trinajstić information content (AvgIpc) is 3.20. The van der Waals surface area contributed by atoms with E-state index in [0.717, 1.165) is 84.8 Å². The summed E-state index contributed by atoms with van der Waals surface area (Å²) in [6.07, 6.45) is 0.969. The average molecular weight is 795 g/mol. The summed E-state index contributed by atoms with van der Waals surface area (Å²) >= 11 is 12.5. The van der Waals surface area contributed by atoms with Gasteiger partial charge in [-0.15, -0.1) is 0 Å². The standard InChI is InChI=1S/C40H53Cl2N9O4/c1-49(22-24-53-26-28-55-30-29-54-27-25-52-23-16-45-48-43)17-4-15-44-40-36-5-2-3-6-37(36)46-38(47-40)31-50-18-20-51(21-19-50)39(32-7-11-34(41)12-8-32)33-9-13-35(42)14-10-33/h2-3,5-14,39H,4,15-31H2,1H3,(H,44,46,47). The van der Waals surface area contributed by atoms with Crippen LogP contribution in [0.5, 0.6) is 0 Å². The van der Waals surface area contributed by atoms with E-state index in [0.29, 0.717) is 65.9 Å². The van der Waals surface area contributed by atoms with Crippen molar-refractivity contribution in [3.05, 3.63) is 110 Å². The molecule has 1 aliphatic heterocycles. The molecule has 0 amide bonds. The molecule has 0 atom stereocenters. The van der Waals surface area contributed by atoms with Crippen molar-refractivity contribution in [3.63, 3.8) is 0 Å². The van der Waals surface area contributed by atoms with E-state index in [4.69, 9.17) is 57.6 Å². The first-order chi connectivity index (χ1) is 27.0. The van der Waals surface area contributed by atoms with Crippen LogP contribution >= 0.6 is 23.2 Å². The Morgan fingerprint density at radius 3 is 1.96 bits per heavy atom. The Bertz CT molecular complexity index is 1700. The quantitative estimate of drug-likeness (QED) is 0.0325. The lowest BCUT2D eigenvalue weighted by molar-refractivity contribution is -0.00258. The van der Waals surface area contributed by atoms with Gasteiger partial charge in [0.2, 0.25) is 0 Å². The Morgan fingerprint density at radius 2 is 1.35 bits per heavy atom. The predicted molar refractivity (Wildman–Crippen MR) is 219 cm³/mol. The van der Waals surface area contributed by atoms with Crippen LogP contribution in [0.2, 0.25) is 10.0 Å². The zero-order chi connectivity index (χ0) is 38.5. The van der Waals surface area contributed by atoms with Gasteiger partial charge >= 0.3 is 0 Å². The van der Waals surface area contributed by atoms with E-state index in [1.165, 1.54) is 11.1 Å². The van der Waals surface area contributed by atoms with Crippen LogP contribution in [0.4, 0.5) is 5.82 Å². The molecule has 13 nitrogen and oxygen atoms in total. The van der Waals surface area contributed by atoms with E-state index < -0.39 is 0 Å². The predicted octanol–water partition coefficient (Wildman–Crippen LogP) is 6.95. The Kier molecular flexibility index (Phi) is 18.7. The van der Waals surface area contributed by atoms with Gasteiger partial charge in [-0.25, -0.2) is 9.97 Å². The van der Waals surface area contributed by atoms with Gasteiger partial charge in [-0.3, -0.25) is 9.80 Å². The van der Waals surface area contributed by atoms with Crippen molar-refractivity contribution in [1.29, 1.82) is 0 Å². The summed E-state index contributed by atoms with van der Waals surface area (Å²) in [5.74, 6) is 1.72. The number of hydrogen-bond acceptors (Lipinski definition) is 11. The highest BCUT2D eigenvalue weighted by atomic mass is 35.5. The number of nitrogens with zero attached hydrogens (tertiary/aromatic N) is 8. The molecule has 1 saturated heterocycles. The zero-order valence-corrected chi connectivity index (χ0v) is 33.2. The van der Waals surface area contributed by atoms with Crippen molar-refractivity contribution in [1.82, 2.24) is 24.7 Å². The number of aromatic nitrogens is 2. The van der Waals surface area contributed by atoms with Crippen molar-refractivity contribution in [3.8, 4) is 0 Å². The fraction of sp³-hybridized carbons (Fsp3) is 0.500.